The summed E-state index contributed by atoms with van der Waals surface area (Å²) < 4.78 is 0. The molecule has 2 heterocycles. The monoisotopic (exact) mass is 192 g/mol. The van der Waals surface area contributed by atoms with Crippen LogP contribution in [0.15, 0.2) is 12.4 Å². The lowest BCUT2D eigenvalue weighted by Crippen LogP contribution is -2.49. The molecule has 4 nitrogen and oxygen atoms in total. The Morgan fingerprint density at radius 3 is 3.07 bits per heavy atom. The topological polar surface area (TPSA) is 41.0 Å². The van der Waals surface area contributed by atoms with Crippen LogP contribution >= 0.6 is 0 Å². The second-order valence-corrected chi connectivity index (χ2v) is 3.82. The average Bonchev–Trinajstić information content (AvgIpc) is 2.18. The summed E-state index contributed by atoms with van der Waals surface area (Å²) in [5, 5.41) is 3.41. The molecule has 0 amide bonds. The zero-order chi connectivity index (χ0) is 9.97. The Morgan fingerprint density at radius 1 is 1.50 bits per heavy atom. The standard InChI is InChI=1S/C10H16N4/c1-8-5-10(13-7-12-8)14-4-3-11-9(2)6-14/h5,7,9,11H,3-4,6H2,1-2H3/t9-/m0/s1. The zero-order valence-electron chi connectivity index (χ0n) is 8.70. The van der Waals surface area contributed by atoms with Crippen LogP contribution in [0, 0.1) is 6.92 Å². The molecule has 1 fully saturated rings. The second-order valence-electron chi connectivity index (χ2n) is 3.82. The highest BCUT2D eigenvalue weighted by atomic mass is 15.2. The SMILES string of the molecule is Cc1cc(N2CCN[C@@H](C)C2)ncn1. The highest BCUT2D eigenvalue weighted by molar-refractivity contribution is 5.39. The largest absolute Gasteiger partial charge is 0.354 e. The van der Waals surface area contributed by atoms with E-state index < -0.39 is 0 Å². The van der Waals surface area contributed by atoms with Crippen molar-refractivity contribution in [1.29, 1.82) is 0 Å². The fourth-order valence-electron chi connectivity index (χ4n) is 1.75. The van der Waals surface area contributed by atoms with E-state index in [-0.39, 0.29) is 0 Å². The van der Waals surface area contributed by atoms with Crippen molar-refractivity contribution in [3.05, 3.63) is 18.1 Å². The molecule has 0 aromatic carbocycles. The van der Waals surface area contributed by atoms with Crippen LogP contribution in [0.2, 0.25) is 0 Å². The summed E-state index contributed by atoms with van der Waals surface area (Å²) in [5.74, 6) is 1.05. The van der Waals surface area contributed by atoms with E-state index in [1.54, 1.807) is 6.33 Å². The molecular formula is C10H16N4. The van der Waals surface area contributed by atoms with Crippen LogP contribution in [0.1, 0.15) is 12.6 Å². The molecule has 4 heteroatoms. The van der Waals surface area contributed by atoms with Crippen LogP contribution in [0.25, 0.3) is 0 Å². The van der Waals surface area contributed by atoms with E-state index >= 15 is 0 Å². The van der Waals surface area contributed by atoms with Crippen molar-refractivity contribution in [3.63, 3.8) is 0 Å². The molecule has 0 radical (unpaired) electrons. The second kappa shape index (κ2) is 3.92. The fourth-order valence-corrected chi connectivity index (χ4v) is 1.75. The number of hydrogen-bond acceptors (Lipinski definition) is 4. The van der Waals surface area contributed by atoms with Crippen LogP contribution in [-0.4, -0.2) is 35.6 Å². The minimum Gasteiger partial charge on any atom is -0.354 e. The average molecular weight is 192 g/mol. The molecule has 76 valence electrons. The number of nitrogens with zero attached hydrogens (tertiary/aromatic N) is 3. The molecule has 1 aliphatic heterocycles. The summed E-state index contributed by atoms with van der Waals surface area (Å²) in [7, 11) is 0. The van der Waals surface area contributed by atoms with Crippen molar-refractivity contribution in [2.75, 3.05) is 24.5 Å². The van der Waals surface area contributed by atoms with Gasteiger partial charge in [0.05, 0.1) is 0 Å². The number of aryl methyl sites for hydroxylation is 1. The Labute approximate surface area is 84.4 Å². The molecule has 0 bridgehead atoms. The van der Waals surface area contributed by atoms with Gasteiger partial charge in [-0.05, 0) is 13.8 Å². The van der Waals surface area contributed by atoms with Gasteiger partial charge in [0, 0.05) is 37.4 Å². The van der Waals surface area contributed by atoms with Gasteiger partial charge in [0.25, 0.3) is 0 Å². The third-order valence-corrected chi connectivity index (χ3v) is 2.48. The third kappa shape index (κ3) is 2.01. The first-order chi connectivity index (χ1) is 6.75. The summed E-state index contributed by atoms with van der Waals surface area (Å²) in [6, 6.07) is 2.58. The molecule has 0 spiro atoms. The van der Waals surface area contributed by atoms with Gasteiger partial charge in [0.15, 0.2) is 0 Å². The van der Waals surface area contributed by atoms with Gasteiger partial charge in [-0.1, -0.05) is 0 Å². The number of rotatable bonds is 1. The highest BCUT2D eigenvalue weighted by Gasteiger charge is 2.16. The molecule has 0 saturated carbocycles. The lowest BCUT2D eigenvalue weighted by Gasteiger charge is -2.32. The van der Waals surface area contributed by atoms with E-state index in [0.717, 1.165) is 31.1 Å². The van der Waals surface area contributed by atoms with E-state index in [1.807, 2.05) is 13.0 Å². The molecule has 0 aliphatic carbocycles. The summed E-state index contributed by atoms with van der Waals surface area (Å²) in [4.78, 5) is 10.7. The fraction of sp³-hybridized carbons (Fsp3) is 0.600. The van der Waals surface area contributed by atoms with Gasteiger partial charge in [-0.25, -0.2) is 9.97 Å². The van der Waals surface area contributed by atoms with E-state index in [9.17, 15) is 0 Å². The minimum absolute atomic E-state index is 0.541. The molecular weight excluding hydrogens is 176 g/mol. The quantitative estimate of drug-likeness (QED) is 0.707. The number of aromatic nitrogens is 2. The Hall–Kier alpha value is -1.16. The van der Waals surface area contributed by atoms with E-state index in [1.165, 1.54) is 0 Å². The first kappa shape index (κ1) is 9.40. The molecule has 1 aliphatic rings. The highest BCUT2D eigenvalue weighted by Crippen LogP contribution is 2.12. The number of anilines is 1. The maximum atomic E-state index is 4.28. The van der Waals surface area contributed by atoms with Crippen molar-refractivity contribution >= 4 is 5.82 Å². The van der Waals surface area contributed by atoms with Crippen LogP contribution in [0.4, 0.5) is 5.82 Å². The minimum atomic E-state index is 0.541. The molecule has 14 heavy (non-hydrogen) atoms. The number of piperazine rings is 1. The van der Waals surface area contributed by atoms with Gasteiger partial charge in [-0.15, -0.1) is 0 Å². The summed E-state index contributed by atoms with van der Waals surface area (Å²) in [6.07, 6.45) is 1.64. The van der Waals surface area contributed by atoms with Crippen molar-refractivity contribution in [2.45, 2.75) is 19.9 Å². The van der Waals surface area contributed by atoms with E-state index in [4.69, 9.17) is 0 Å². The Balaban J connectivity index is 2.14. The van der Waals surface area contributed by atoms with Crippen LogP contribution < -0.4 is 10.2 Å². The molecule has 1 saturated heterocycles. The maximum absolute atomic E-state index is 4.28. The Kier molecular flexibility index (Phi) is 2.63. The van der Waals surface area contributed by atoms with Crippen molar-refractivity contribution in [1.82, 2.24) is 15.3 Å². The smallest absolute Gasteiger partial charge is 0.132 e. The molecule has 1 atom stereocenters. The molecule has 1 aromatic rings. The number of nitrogens with one attached hydrogen (secondary N) is 1. The van der Waals surface area contributed by atoms with Crippen molar-refractivity contribution in [2.24, 2.45) is 0 Å². The van der Waals surface area contributed by atoms with E-state index in [0.29, 0.717) is 6.04 Å². The van der Waals surface area contributed by atoms with E-state index in [2.05, 4.69) is 27.1 Å². The van der Waals surface area contributed by atoms with Gasteiger partial charge in [0.1, 0.15) is 12.1 Å². The van der Waals surface area contributed by atoms with Gasteiger partial charge >= 0.3 is 0 Å². The predicted molar refractivity (Wildman–Crippen MR) is 56.4 cm³/mol. The lowest BCUT2D eigenvalue weighted by molar-refractivity contribution is 0.482. The van der Waals surface area contributed by atoms with Crippen molar-refractivity contribution < 1.29 is 0 Å². The van der Waals surface area contributed by atoms with Crippen LogP contribution in [-0.2, 0) is 0 Å². The molecule has 0 unspecified atom stereocenters. The predicted octanol–water partition coefficient (Wildman–Crippen LogP) is 0.583. The summed E-state index contributed by atoms with van der Waals surface area (Å²) in [5.41, 5.74) is 1.03. The third-order valence-electron chi connectivity index (χ3n) is 2.48. The van der Waals surface area contributed by atoms with Crippen LogP contribution in [0.5, 0.6) is 0 Å². The Morgan fingerprint density at radius 2 is 2.36 bits per heavy atom. The molecule has 2 rings (SSSR count). The maximum Gasteiger partial charge on any atom is 0.132 e. The first-order valence-electron chi connectivity index (χ1n) is 5.02. The van der Waals surface area contributed by atoms with Crippen molar-refractivity contribution in [3.8, 4) is 0 Å². The lowest BCUT2D eigenvalue weighted by atomic mass is 10.2. The Bertz CT molecular complexity index is 313. The van der Waals surface area contributed by atoms with Gasteiger partial charge in [-0.2, -0.15) is 0 Å². The first-order valence-corrected chi connectivity index (χ1v) is 5.02. The number of hydrogen-bond donors (Lipinski definition) is 1. The van der Waals surface area contributed by atoms with Gasteiger partial charge < -0.3 is 10.2 Å². The molecule has 1 N–H and O–H groups in total. The molecule has 1 aromatic heterocycles. The van der Waals surface area contributed by atoms with Gasteiger partial charge in [0.2, 0.25) is 0 Å². The summed E-state index contributed by atoms with van der Waals surface area (Å²) >= 11 is 0. The zero-order valence-corrected chi connectivity index (χ0v) is 8.70. The normalized spacial score (nSPS) is 22.4. The van der Waals surface area contributed by atoms with Gasteiger partial charge in [-0.3, -0.25) is 0 Å². The summed E-state index contributed by atoms with van der Waals surface area (Å²) in [6.45, 7) is 7.28. The van der Waals surface area contributed by atoms with Crippen LogP contribution in [0.3, 0.4) is 0 Å².